The summed E-state index contributed by atoms with van der Waals surface area (Å²) in [5.41, 5.74) is 5.37. The van der Waals surface area contributed by atoms with Crippen molar-refractivity contribution in [2.45, 2.75) is 38.8 Å². The third-order valence-electron chi connectivity index (χ3n) is 6.67. The molecule has 0 bridgehead atoms. The van der Waals surface area contributed by atoms with Gasteiger partial charge in [-0.2, -0.15) is 0 Å². The highest BCUT2D eigenvalue weighted by atomic mass is 16.5. The number of rotatable bonds is 10. The zero-order chi connectivity index (χ0) is 26.4. The molecule has 0 saturated carbocycles. The fourth-order valence-corrected chi connectivity index (χ4v) is 4.78. The van der Waals surface area contributed by atoms with E-state index in [0.29, 0.717) is 0 Å². The van der Waals surface area contributed by atoms with E-state index in [2.05, 4.69) is 17.4 Å². The average molecular weight is 501 g/mol. The van der Waals surface area contributed by atoms with Crippen LogP contribution in [0.1, 0.15) is 42.9 Å². The van der Waals surface area contributed by atoms with Gasteiger partial charge in [0.25, 0.3) is 0 Å². The van der Waals surface area contributed by atoms with Gasteiger partial charge in [0.2, 0.25) is 5.91 Å². The van der Waals surface area contributed by atoms with Gasteiger partial charge in [-0.15, -0.1) is 0 Å². The van der Waals surface area contributed by atoms with Crippen molar-refractivity contribution in [3.05, 3.63) is 95.6 Å². The molecule has 0 saturated heterocycles. The van der Waals surface area contributed by atoms with E-state index in [1.807, 2.05) is 80.6 Å². The van der Waals surface area contributed by atoms with Gasteiger partial charge in [0, 0.05) is 19.0 Å². The third kappa shape index (κ3) is 6.17. The minimum atomic E-state index is -0.989. The minimum Gasteiger partial charge on any atom is -0.481 e. The molecule has 0 radical (unpaired) electrons. The molecular formula is C30H32N2O5. The van der Waals surface area contributed by atoms with E-state index in [9.17, 15) is 19.5 Å². The fourth-order valence-electron chi connectivity index (χ4n) is 4.78. The van der Waals surface area contributed by atoms with Crippen LogP contribution < -0.4 is 5.32 Å². The van der Waals surface area contributed by atoms with Crippen molar-refractivity contribution in [3.63, 3.8) is 0 Å². The zero-order valence-electron chi connectivity index (χ0n) is 21.1. The first-order valence-electron chi connectivity index (χ1n) is 12.5. The van der Waals surface area contributed by atoms with Gasteiger partial charge in [0.15, 0.2) is 0 Å². The normalized spacial score (nSPS) is 12.9. The van der Waals surface area contributed by atoms with E-state index in [0.717, 1.165) is 27.8 Å². The van der Waals surface area contributed by atoms with Gasteiger partial charge >= 0.3 is 12.1 Å². The van der Waals surface area contributed by atoms with E-state index >= 15 is 0 Å². The second-order valence-corrected chi connectivity index (χ2v) is 9.58. The Morgan fingerprint density at radius 1 is 0.892 bits per heavy atom. The lowest BCUT2D eigenvalue weighted by Gasteiger charge is -2.29. The molecule has 192 valence electrons. The Kier molecular flexibility index (Phi) is 8.23. The van der Waals surface area contributed by atoms with Gasteiger partial charge in [-0.3, -0.25) is 9.59 Å². The topological polar surface area (TPSA) is 95.9 Å². The first-order chi connectivity index (χ1) is 17.8. The van der Waals surface area contributed by atoms with Crippen molar-refractivity contribution in [2.75, 3.05) is 13.2 Å². The molecule has 0 fully saturated rings. The van der Waals surface area contributed by atoms with Crippen LogP contribution in [0.5, 0.6) is 0 Å². The first-order valence-corrected chi connectivity index (χ1v) is 12.5. The van der Waals surface area contributed by atoms with Gasteiger partial charge in [-0.05, 0) is 33.7 Å². The summed E-state index contributed by atoms with van der Waals surface area (Å²) in [4.78, 5) is 39.1. The van der Waals surface area contributed by atoms with Crippen molar-refractivity contribution in [2.24, 2.45) is 5.92 Å². The number of aliphatic carboxylic acids is 1. The predicted molar refractivity (Wildman–Crippen MR) is 141 cm³/mol. The standard InChI is InChI=1S/C30H32N2O5/c1-20(2)28(29(35)32(17-16-27(33)34)18-21-10-4-3-5-11-21)31-30(36)37-19-26-24-14-8-6-12-22(24)23-13-7-9-15-25(23)26/h3-15,20,26,28H,16-19H2,1-2H3,(H,31,36)(H,33,34)/t28-/m1/s1. The number of carboxylic acids is 1. The number of carboxylic acid groups (broad SMARTS) is 1. The number of hydrogen-bond acceptors (Lipinski definition) is 4. The lowest BCUT2D eigenvalue weighted by molar-refractivity contribution is -0.139. The minimum absolute atomic E-state index is 0.0403. The Bertz CT molecular complexity index is 1210. The molecule has 0 unspecified atom stereocenters. The molecule has 2 amide bonds. The summed E-state index contributed by atoms with van der Waals surface area (Å²) in [6, 6.07) is 24.7. The Balaban J connectivity index is 1.44. The highest BCUT2D eigenvalue weighted by Gasteiger charge is 2.32. The van der Waals surface area contributed by atoms with Crippen LogP contribution in [0.3, 0.4) is 0 Å². The number of alkyl carbamates (subject to hydrolysis) is 1. The molecule has 0 aromatic heterocycles. The second-order valence-electron chi connectivity index (χ2n) is 9.58. The summed E-state index contributed by atoms with van der Waals surface area (Å²) in [6.45, 7) is 4.11. The number of benzene rings is 3. The molecule has 0 heterocycles. The number of carbonyl (C=O) groups excluding carboxylic acids is 2. The van der Waals surface area contributed by atoms with E-state index in [-0.39, 0.29) is 43.9 Å². The monoisotopic (exact) mass is 500 g/mol. The summed E-state index contributed by atoms with van der Waals surface area (Å²) in [6.07, 6.45) is -0.860. The molecule has 2 N–H and O–H groups in total. The molecule has 0 aliphatic heterocycles. The van der Waals surface area contributed by atoms with E-state index < -0.39 is 18.1 Å². The Hall–Kier alpha value is -4.13. The van der Waals surface area contributed by atoms with Crippen LogP contribution in [0.2, 0.25) is 0 Å². The van der Waals surface area contributed by atoms with Crippen molar-refractivity contribution in [3.8, 4) is 11.1 Å². The van der Waals surface area contributed by atoms with Crippen LogP contribution in [-0.4, -0.2) is 47.2 Å². The second kappa shape index (κ2) is 11.7. The van der Waals surface area contributed by atoms with Crippen LogP contribution >= 0.6 is 0 Å². The SMILES string of the molecule is CC(C)[C@@H](NC(=O)OCC1c2ccccc2-c2ccccc21)C(=O)N(CCC(=O)O)Cc1ccccc1. The number of amides is 2. The van der Waals surface area contributed by atoms with Crippen LogP contribution in [0.4, 0.5) is 4.79 Å². The van der Waals surface area contributed by atoms with Gasteiger partial charge < -0.3 is 20.1 Å². The largest absolute Gasteiger partial charge is 0.481 e. The van der Waals surface area contributed by atoms with Crippen molar-refractivity contribution in [1.29, 1.82) is 0 Å². The van der Waals surface area contributed by atoms with Gasteiger partial charge in [-0.25, -0.2) is 4.79 Å². The maximum atomic E-state index is 13.5. The fraction of sp³-hybridized carbons (Fsp3) is 0.300. The van der Waals surface area contributed by atoms with E-state index in [4.69, 9.17) is 4.74 Å². The smallest absolute Gasteiger partial charge is 0.407 e. The Morgan fingerprint density at radius 3 is 2.03 bits per heavy atom. The van der Waals surface area contributed by atoms with Crippen LogP contribution in [0, 0.1) is 5.92 Å². The molecule has 7 nitrogen and oxygen atoms in total. The molecule has 4 rings (SSSR count). The summed E-state index contributed by atoms with van der Waals surface area (Å²) < 4.78 is 5.65. The number of ether oxygens (including phenoxy) is 1. The lowest BCUT2D eigenvalue weighted by atomic mass is 9.98. The highest BCUT2D eigenvalue weighted by Crippen LogP contribution is 2.44. The number of fused-ring (bicyclic) bond motifs is 3. The Labute approximate surface area is 217 Å². The molecule has 1 atom stereocenters. The molecule has 3 aromatic rings. The van der Waals surface area contributed by atoms with Crippen molar-refractivity contribution < 1.29 is 24.2 Å². The number of carbonyl (C=O) groups is 3. The molecule has 0 spiro atoms. The summed E-state index contributed by atoms with van der Waals surface area (Å²) in [7, 11) is 0. The molecule has 1 aliphatic carbocycles. The summed E-state index contributed by atoms with van der Waals surface area (Å²) in [5.74, 6) is -1.64. The average Bonchev–Trinajstić information content (AvgIpc) is 3.22. The number of nitrogens with zero attached hydrogens (tertiary/aromatic N) is 1. The molecular weight excluding hydrogens is 468 g/mol. The highest BCUT2D eigenvalue weighted by molar-refractivity contribution is 5.86. The zero-order valence-corrected chi connectivity index (χ0v) is 21.1. The molecule has 7 heteroatoms. The van der Waals surface area contributed by atoms with Crippen molar-refractivity contribution >= 4 is 18.0 Å². The molecule has 3 aromatic carbocycles. The van der Waals surface area contributed by atoms with Crippen LogP contribution in [-0.2, 0) is 20.9 Å². The maximum Gasteiger partial charge on any atom is 0.407 e. The number of hydrogen-bond donors (Lipinski definition) is 2. The first kappa shape index (κ1) is 25.9. The van der Waals surface area contributed by atoms with Gasteiger partial charge in [0.1, 0.15) is 12.6 Å². The number of nitrogens with one attached hydrogen (secondary N) is 1. The van der Waals surface area contributed by atoms with Gasteiger partial charge in [-0.1, -0.05) is 92.7 Å². The summed E-state index contributed by atoms with van der Waals surface area (Å²) >= 11 is 0. The van der Waals surface area contributed by atoms with Crippen molar-refractivity contribution in [1.82, 2.24) is 10.2 Å². The van der Waals surface area contributed by atoms with E-state index in [1.165, 1.54) is 4.90 Å². The van der Waals surface area contributed by atoms with Gasteiger partial charge in [0.05, 0.1) is 6.42 Å². The quantitative estimate of drug-likeness (QED) is 0.406. The van der Waals surface area contributed by atoms with E-state index in [1.54, 1.807) is 0 Å². The Morgan fingerprint density at radius 2 is 1.46 bits per heavy atom. The predicted octanol–water partition coefficient (Wildman–Crippen LogP) is 5.05. The van der Waals surface area contributed by atoms with Crippen LogP contribution in [0.15, 0.2) is 78.9 Å². The summed E-state index contributed by atoms with van der Waals surface area (Å²) in [5, 5.41) is 11.9. The third-order valence-corrected chi connectivity index (χ3v) is 6.67. The molecule has 37 heavy (non-hydrogen) atoms. The maximum absolute atomic E-state index is 13.5. The van der Waals surface area contributed by atoms with Crippen LogP contribution in [0.25, 0.3) is 11.1 Å². The molecule has 1 aliphatic rings. The lowest BCUT2D eigenvalue weighted by Crippen LogP contribution is -2.51.